The van der Waals surface area contributed by atoms with E-state index in [0.29, 0.717) is 22.4 Å². The summed E-state index contributed by atoms with van der Waals surface area (Å²) in [4.78, 5) is 12.5. The van der Waals surface area contributed by atoms with Gasteiger partial charge < -0.3 is 13.6 Å². The van der Waals surface area contributed by atoms with E-state index in [9.17, 15) is 9.18 Å². The van der Waals surface area contributed by atoms with Crippen LogP contribution >= 0.6 is 0 Å². The highest BCUT2D eigenvalue weighted by Crippen LogP contribution is 2.28. The molecule has 0 aliphatic heterocycles. The first kappa shape index (κ1) is 17.0. The first-order valence-corrected chi connectivity index (χ1v) is 8.31. The number of aromatic nitrogens is 2. The summed E-state index contributed by atoms with van der Waals surface area (Å²) in [5.41, 5.74) is 1.69. The molecular weight excluding hydrogens is 351 g/mol. The van der Waals surface area contributed by atoms with Crippen LogP contribution in [0.4, 0.5) is 4.39 Å². The van der Waals surface area contributed by atoms with Gasteiger partial charge >= 0.3 is 5.97 Å². The van der Waals surface area contributed by atoms with Crippen molar-refractivity contribution in [2.45, 2.75) is 20.0 Å². The van der Waals surface area contributed by atoms with Gasteiger partial charge in [-0.2, -0.15) is 0 Å². The molecule has 1 unspecified atom stereocenters. The molecule has 0 radical (unpaired) electrons. The molecule has 2 aromatic heterocycles. The van der Waals surface area contributed by atoms with Crippen LogP contribution in [0.2, 0.25) is 0 Å². The van der Waals surface area contributed by atoms with E-state index in [2.05, 4.69) is 10.2 Å². The Kier molecular flexibility index (Phi) is 4.19. The highest BCUT2D eigenvalue weighted by Gasteiger charge is 2.24. The van der Waals surface area contributed by atoms with Crippen LogP contribution in [-0.4, -0.2) is 16.2 Å². The predicted molar refractivity (Wildman–Crippen MR) is 94.5 cm³/mol. The van der Waals surface area contributed by atoms with Crippen LogP contribution in [0.15, 0.2) is 57.4 Å². The maximum Gasteiger partial charge on any atom is 0.375 e. The molecule has 27 heavy (non-hydrogen) atoms. The molecule has 0 fully saturated rings. The predicted octanol–water partition coefficient (Wildman–Crippen LogP) is 4.85. The molecule has 0 spiro atoms. The van der Waals surface area contributed by atoms with Crippen molar-refractivity contribution in [3.05, 3.63) is 71.6 Å². The molecule has 136 valence electrons. The smallest absolute Gasteiger partial charge is 0.375 e. The van der Waals surface area contributed by atoms with Crippen LogP contribution in [0.3, 0.4) is 0 Å². The number of furan rings is 1. The quantitative estimate of drug-likeness (QED) is 0.481. The van der Waals surface area contributed by atoms with E-state index in [0.717, 1.165) is 5.56 Å². The minimum absolute atomic E-state index is 0.0187. The first-order valence-electron chi connectivity index (χ1n) is 8.31. The van der Waals surface area contributed by atoms with E-state index in [-0.39, 0.29) is 11.7 Å². The van der Waals surface area contributed by atoms with Gasteiger partial charge in [0.1, 0.15) is 11.4 Å². The summed E-state index contributed by atoms with van der Waals surface area (Å²) in [6.07, 6.45) is -0.771. The van der Waals surface area contributed by atoms with Gasteiger partial charge in [-0.25, -0.2) is 9.18 Å². The van der Waals surface area contributed by atoms with E-state index >= 15 is 0 Å². The number of hydrogen-bond donors (Lipinski definition) is 0. The van der Waals surface area contributed by atoms with Crippen molar-refractivity contribution in [1.29, 1.82) is 0 Å². The number of rotatable bonds is 4. The Hall–Kier alpha value is -3.48. The highest BCUT2D eigenvalue weighted by molar-refractivity contribution is 5.95. The Morgan fingerprint density at radius 3 is 2.67 bits per heavy atom. The van der Waals surface area contributed by atoms with Gasteiger partial charge in [0.2, 0.25) is 11.7 Å². The van der Waals surface area contributed by atoms with Crippen LogP contribution in [0.25, 0.3) is 22.4 Å². The van der Waals surface area contributed by atoms with Gasteiger partial charge in [-0.15, -0.1) is 10.2 Å². The van der Waals surface area contributed by atoms with Crippen molar-refractivity contribution < 1.29 is 22.8 Å². The van der Waals surface area contributed by atoms with Crippen molar-refractivity contribution in [2.75, 3.05) is 0 Å². The Labute approximate surface area is 153 Å². The fourth-order valence-corrected chi connectivity index (χ4v) is 2.75. The van der Waals surface area contributed by atoms with Crippen LogP contribution in [0, 0.1) is 12.7 Å². The van der Waals surface area contributed by atoms with Crippen molar-refractivity contribution in [3.63, 3.8) is 0 Å². The maximum atomic E-state index is 13.4. The molecule has 0 aliphatic rings. The zero-order valence-electron chi connectivity index (χ0n) is 14.6. The monoisotopic (exact) mass is 366 g/mol. The third-order valence-corrected chi connectivity index (χ3v) is 4.18. The number of nitrogens with zero attached hydrogens (tertiary/aromatic N) is 2. The maximum absolute atomic E-state index is 13.4. The Balaban J connectivity index is 1.55. The molecular formula is C20H15FN2O4. The topological polar surface area (TPSA) is 78.4 Å². The number of ether oxygens (including phenoxy) is 1. The molecule has 0 aliphatic carbocycles. The molecule has 2 heterocycles. The van der Waals surface area contributed by atoms with Gasteiger partial charge in [0, 0.05) is 16.5 Å². The lowest BCUT2D eigenvalue weighted by Crippen LogP contribution is -2.09. The van der Waals surface area contributed by atoms with Gasteiger partial charge in [0.15, 0.2) is 6.10 Å². The van der Waals surface area contributed by atoms with E-state index in [1.165, 1.54) is 18.2 Å². The minimum Gasteiger partial charge on any atom is -0.449 e. The average molecular weight is 366 g/mol. The first-order chi connectivity index (χ1) is 13.0. The lowest BCUT2D eigenvalue weighted by molar-refractivity contribution is 0.0245. The summed E-state index contributed by atoms with van der Waals surface area (Å²) < 4.78 is 29.9. The molecule has 6 nitrogen and oxygen atoms in total. The standard InChI is InChI=1S/C20H15FN2O4/c1-11-15-10-14(21)8-9-16(15)26-17(11)20(24)25-12(2)18-22-23-19(27-18)13-6-4-3-5-7-13/h3-10,12H,1-2H3. The molecule has 0 N–H and O–H groups in total. The largest absolute Gasteiger partial charge is 0.449 e. The van der Waals surface area contributed by atoms with Crippen LogP contribution in [0.1, 0.15) is 35.0 Å². The molecule has 0 bridgehead atoms. The molecule has 1 atom stereocenters. The molecule has 0 saturated carbocycles. The third kappa shape index (κ3) is 3.19. The molecule has 7 heteroatoms. The van der Waals surface area contributed by atoms with Gasteiger partial charge in [-0.05, 0) is 44.2 Å². The number of hydrogen-bond acceptors (Lipinski definition) is 6. The number of halogens is 1. The van der Waals surface area contributed by atoms with Gasteiger partial charge in [0.25, 0.3) is 5.89 Å². The van der Waals surface area contributed by atoms with E-state index < -0.39 is 17.9 Å². The second kappa shape index (κ2) is 6.68. The van der Waals surface area contributed by atoms with E-state index in [1.54, 1.807) is 13.8 Å². The third-order valence-electron chi connectivity index (χ3n) is 4.18. The highest BCUT2D eigenvalue weighted by atomic mass is 19.1. The number of aryl methyl sites for hydroxylation is 1. The Morgan fingerprint density at radius 1 is 1.11 bits per heavy atom. The summed E-state index contributed by atoms with van der Waals surface area (Å²) in [7, 11) is 0. The van der Waals surface area contributed by atoms with Crippen molar-refractivity contribution in [3.8, 4) is 11.5 Å². The second-order valence-electron chi connectivity index (χ2n) is 6.06. The molecule has 2 aromatic carbocycles. The summed E-state index contributed by atoms with van der Waals surface area (Å²) in [5.74, 6) is -0.564. The summed E-state index contributed by atoms with van der Waals surface area (Å²) in [5, 5.41) is 8.45. The summed E-state index contributed by atoms with van der Waals surface area (Å²) in [6.45, 7) is 3.30. The minimum atomic E-state index is -0.771. The van der Waals surface area contributed by atoms with E-state index in [1.807, 2.05) is 30.3 Å². The Bertz CT molecular complexity index is 1120. The lowest BCUT2D eigenvalue weighted by Gasteiger charge is -2.08. The second-order valence-corrected chi connectivity index (χ2v) is 6.06. The average Bonchev–Trinajstić information content (AvgIpc) is 3.28. The van der Waals surface area contributed by atoms with Crippen LogP contribution in [0.5, 0.6) is 0 Å². The van der Waals surface area contributed by atoms with Crippen molar-refractivity contribution >= 4 is 16.9 Å². The van der Waals surface area contributed by atoms with Gasteiger partial charge in [0.05, 0.1) is 0 Å². The normalized spacial score (nSPS) is 12.3. The van der Waals surface area contributed by atoms with E-state index in [4.69, 9.17) is 13.6 Å². The Morgan fingerprint density at radius 2 is 1.89 bits per heavy atom. The fraction of sp³-hybridized carbons (Fsp3) is 0.150. The zero-order chi connectivity index (χ0) is 19.0. The van der Waals surface area contributed by atoms with Crippen molar-refractivity contribution in [2.24, 2.45) is 0 Å². The molecule has 4 aromatic rings. The molecule has 0 amide bonds. The van der Waals surface area contributed by atoms with Gasteiger partial charge in [-0.1, -0.05) is 18.2 Å². The molecule has 0 saturated heterocycles. The number of carbonyl (C=O) groups is 1. The number of carbonyl (C=O) groups excluding carboxylic acids is 1. The molecule has 4 rings (SSSR count). The van der Waals surface area contributed by atoms with Crippen molar-refractivity contribution in [1.82, 2.24) is 10.2 Å². The van der Waals surface area contributed by atoms with Crippen LogP contribution in [-0.2, 0) is 4.74 Å². The summed E-state index contributed by atoms with van der Waals surface area (Å²) >= 11 is 0. The summed E-state index contributed by atoms with van der Waals surface area (Å²) in [6, 6.07) is 13.3. The fourth-order valence-electron chi connectivity index (χ4n) is 2.75. The van der Waals surface area contributed by atoms with Crippen LogP contribution < -0.4 is 0 Å². The SMILES string of the molecule is Cc1c(C(=O)OC(C)c2nnc(-c3ccccc3)o2)oc2ccc(F)cc12. The number of fused-ring (bicyclic) bond motifs is 1. The van der Waals surface area contributed by atoms with Gasteiger partial charge in [-0.3, -0.25) is 0 Å². The number of esters is 1. The lowest BCUT2D eigenvalue weighted by atomic mass is 10.1. The zero-order valence-corrected chi connectivity index (χ0v) is 14.6. The number of benzene rings is 2.